The van der Waals surface area contributed by atoms with Gasteiger partial charge in [-0.15, -0.1) is 0 Å². The van der Waals surface area contributed by atoms with Crippen LogP contribution in [0.15, 0.2) is 65.8 Å². The second kappa shape index (κ2) is 14.8. The molecule has 240 valence electrons. The van der Waals surface area contributed by atoms with Crippen LogP contribution in [0.4, 0.5) is 33.7 Å². The number of hydrogen-bond acceptors (Lipinski definition) is 5. The zero-order valence-electron chi connectivity index (χ0n) is 24.8. The number of nitrogens with two attached hydrogens (primary N) is 2. The van der Waals surface area contributed by atoms with Crippen LogP contribution in [0.1, 0.15) is 56.1 Å². The molecule has 1 saturated carbocycles. The largest absolute Gasteiger partial charge is 0.490 e. The number of fused-ring (bicyclic) bond motifs is 1. The SMILES string of the molecule is CC(=O)NC/C(N)=N/N.O=C(Nc1ccc(F)cc1C(F)(F)F)N1CCOc2cc(-c3ccc(C4CCCCC4)cc3)ccc21. The van der Waals surface area contributed by atoms with Gasteiger partial charge in [0.1, 0.15) is 24.0 Å². The van der Waals surface area contributed by atoms with E-state index < -0.39 is 29.3 Å². The zero-order valence-corrected chi connectivity index (χ0v) is 24.8. The molecule has 3 amide bonds. The minimum atomic E-state index is -4.81. The Hall–Kier alpha value is -4.81. The van der Waals surface area contributed by atoms with Crippen LogP contribution in [-0.2, 0) is 11.0 Å². The molecule has 5 rings (SSSR count). The van der Waals surface area contributed by atoms with Crippen LogP contribution in [0, 0.1) is 5.82 Å². The Kier molecular flexibility index (Phi) is 10.9. The molecule has 1 fully saturated rings. The smallest absolute Gasteiger partial charge is 0.418 e. The van der Waals surface area contributed by atoms with Gasteiger partial charge < -0.3 is 26.9 Å². The molecular weight excluding hydrogens is 592 g/mol. The van der Waals surface area contributed by atoms with E-state index in [0.29, 0.717) is 23.4 Å². The number of anilines is 2. The summed E-state index contributed by atoms with van der Waals surface area (Å²) in [7, 11) is 0. The van der Waals surface area contributed by atoms with E-state index in [1.54, 1.807) is 6.07 Å². The number of amidine groups is 1. The lowest BCUT2D eigenvalue weighted by Crippen LogP contribution is -2.41. The van der Waals surface area contributed by atoms with Crippen LogP contribution in [0.25, 0.3) is 11.1 Å². The van der Waals surface area contributed by atoms with Crippen LogP contribution < -0.4 is 31.8 Å². The number of hydrazone groups is 1. The van der Waals surface area contributed by atoms with Gasteiger partial charge in [0.05, 0.1) is 30.0 Å². The molecule has 0 saturated heterocycles. The van der Waals surface area contributed by atoms with Crippen molar-refractivity contribution < 1.29 is 31.9 Å². The lowest BCUT2D eigenvalue weighted by atomic mass is 9.84. The summed E-state index contributed by atoms with van der Waals surface area (Å²) in [5, 5.41) is 7.84. The van der Waals surface area contributed by atoms with E-state index in [0.717, 1.165) is 23.3 Å². The number of carbonyl (C=O) groups is 2. The molecule has 0 aromatic heterocycles. The Labute approximate surface area is 258 Å². The molecular formula is C32H36F4N6O3. The van der Waals surface area contributed by atoms with Crippen molar-refractivity contribution >= 4 is 29.1 Å². The second-order valence-corrected chi connectivity index (χ2v) is 10.8. The van der Waals surface area contributed by atoms with Crippen LogP contribution in [0.5, 0.6) is 5.75 Å². The first-order chi connectivity index (χ1) is 21.5. The first-order valence-corrected chi connectivity index (χ1v) is 14.6. The van der Waals surface area contributed by atoms with Crippen LogP contribution >= 0.6 is 0 Å². The molecule has 13 heteroatoms. The number of alkyl halides is 3. The highest BCUT2D eigenvalue weighted by Gasteiger charge is 2.35. The van der Waals surface area contributed by atoms with Crippen molar-refractivity contribution in [2.24, 2.45) is 16.7 Å². The maximum absolute atomic E-state index is 13.4. The third-order valence-corrected chi connectivity index (χ3v) is 7.60. The van der Waals surface area contributed by atoms with Gasteiger partial charge in [0, 0.05) is 6.92 Å². The third-order valence-electron chi connectivity index (χ3n) is 7.60. The minimum absolute atomic E-state index is 0.151. The molecule has 1 heterocycles. The molecule has 2 aliphatic rings. The van der Waals surface area contributed by atoms with Crippen LogP contribution in [0.3, 0.4) is 0 Å². The van der Waals surface area contributed by atoms with Crippen molar-refractivity contribution in [1.82, 2.24) is 5.32 Å². The van der Waals surface area contributed by atoms with E-state index >= 15 is 0 Å². The molecule has 3 aromatic carbocycles. The minimum Gasteiger partial charge on any atom is -0.490 e. The van der Waals surface area contributed by atoms with E-state index in [1.807, 2.05) is 12.1 Å². The van der Waals surface area contributed by atoms with Crippen molar-refractivity contribution in [2.75, 3.05) is 29.9 Å². The summed E-state index contributed by atoms with van der Waals surface area (Å²) in [6.45, 7) is 1.96. The lowest BCUT2D eigenvalue weighted by Gasteiger charge is -2.30. The number of amides is 3. The number of urea groups is 1. The highest BCUT2D eigenvalue weighted by Crippen LogP contribution is 2.39. The summed E-state index contributed by atoms with van der Waals surface area (Å²) in [6, 6.07) is 15.4. The van der Waals surface area contributed by atoms with Gasteiger partial charge in [0.2, 0.25) is 5.91 Å². The fourth-order valence-electron chi connectivity index (χ4n) is 5.30. The van der Waals surface area contributed by atoms with Crippen molar-refractivity contribution in [3.05, 3.63) is 77.6 Å². The number of nitrogens with zero attached hydrogens (tertiary/aromatic N) is 2. The molecule has 0 radical (unpaired) electrons. The maximum atomic E-state index is 13.4. The van der Waals surface area contributed by atoms with E-state index in [4.69, 9.17) is 16.3 Å². The Morgan fingerprint density at radius 1 is 1.00 bits per heavy atom. The van der Waals surface area contributed by atoms with Gasteiger partial charge in [-0.1, -0.05) is 49.6 Å². The van der Waals surface area contributed by atoms with Gasteiger partial charge in [0.15, 0.2) is 0 Å². The second-order valence-electron chi connectivity index (χ2n) is 10.8. The quantitative estimate of drug-likeness (QED) is 0.0860. The van der Waals surface area contributed by atoms with Gasteiger partial charge in [-0.3, -0.25) is 9.69 Å². The van der Waals surface area contributed by atoms with Gasteiger partial charge in [-0.2, -0.15) is 18.3 Å². The number of carbonyl (C=O) groups excluding carboxylic acids is 2. The van der Waals surface area contributed by atoms with E-state index in [2.05, 4.69) is 40.0 Å². The van der Waals surface area contributed by atoms with Gasteiger partial charge in [-0.05, 0) is 65.8 Å². The third kappa shape index (κ3) is 8.87. The molecule has 3 aromatic rings. The van der Waals surface area contributed by atoms with Gasteiger partial charge in [0.25, 0.3) is 0 Å². The molecule has 0 unspecified atom stereocenters. The molecule has 0 atom stereocenters. The average Bonchev–Trinajstić information content (AvgIpc) is 3.04. The first-order valence-electron chi connectivity index (χ1n) is 14.6. The standard InChI is InChI=1S/C28H26F4N2O2.C4H10N4O/c29-22-11-12-24(23(17-22)28(30,31)32)33-27(35)34-14-15-36-26-16-21(10-13-25(26)34)20-8-6-19(7-9-20)18-4-2-1-3-5-18;1-3(9)7-2-4(5)8-6/h6-13,16-18H,1-5,14-15H2,(H,33,35);2,6H2,1H3,(H2,5,8)(H,7,9). The fourth-order valence-corrected chi connectivity index (χ4v) is 5.30. The Morgan fingerprint density at radius 2 is 1.69 bits per heavy atom. The molecule has 1 aliphatic carbocycles. The summed E-state index contributed by atoms with van der Waals surface area (Å²) in [5.74, 6) is 4.89. The predicted molar refractivity (Wildman–Crippen MR) is 165 cm³/mol. The van der Waals surface area contributed by atoms with Gasteiger partial charge in [-0.25, -0.2) is 9.18 Å². The molecule has 0 spiro atoms. The van der Waals surface area contributed by atoms with Crippen molar-refractivity contribution in [1.29, 1.82) is 0 Å². The monoisotopic (exact) mass is 628 g/mol. The maximum Gasteiger partial charge on any atom is 0.418 e. The summed E-state index contributed by atoms with van der Waals surface area (Å²) in [4.78, 5) is 24.5. The number of benzene rings is 3. The highest BCUT2D eigenvalue weighted by molar-refractivity contribution is 6.03. The van der Waals surface area contributed by atoms with Crippen LogP contribution in [-0.4, -0.2) is 37.5 Å². The summed E-state index contributed by atoms with van der Waals surface area (Å²) in [5.41, 5.74) is 7.14. The Bertz CT molecular complexity index is 1520. The summed E-state index contributed by atoms with van der Waals surface area (Å²) >= 11 is 0. The van der Waals surface area contributed by atoms with Crippen molar-refractivity contribution in [3.63, 3.8) is 0 Å². The number of ether oxygens (including phenoxy) is 1. The number of hydrogen-bond donors (Lipinski definition) is 4. The fraction of sp³-hybridized carbons (Fsp3) is 0.344. The van der Waals surface area contributed by atoms with Crippen LogP contribution in [0.2, 0.25) is 0 Å². The summed E-state index contributed by atoms with van der Waals surface area (Å²) < 4.78 is 59.2. The number of rotatable bonds is 5. The molecule has 1 aliphatic heterocycles. The van der Waals surface area contributed by atoms with Gasteiger partial charge >= 0.3 is 12.2 Å². The Morgan fingerprint density at radius 3 is 2.33 bits per heavy atom. The zero-order chi connectivity index (χ0) is 32.6. The molecule has 9 nitrogen and oxygen atoms in total. The van der Waals surface area contributed by atoms with E-state index in [9.17, 15) is 27.2 Å². The van der Waals surface area contributed by atoms with Crippen molar-refractivity contribution in [3.8, 4) is 16.9 Å². The molecule has 6 N–H and O–H groups in total. The Balaban J connectivity index is 0.000000448. The number of halogens is 4. The van der Waals surface area contributed by atoms with Crippen molar-refractivity contribution in [2.45, 2.75) is 51.1 Å². The summed E-state index contributed by atoms with van der Waals surface area (Å²) in [6.07, 6.45) is 1.51. The topological polar surface area (TPSA) is 135 Å². The molecule has 0 bridgehead atoms. The normalized spacial score (nSPS) is 15.2. The van der Waals surface area contributed by atoms with E-state index in [-0.39, 0.29) is 31.4 Å². The first kappa shape index (κ1) is 33.1. The lowest BCUT2D eigenvalue weighted by molar-refractivity contribution is -0.137. The van der Waals surface area contributed by atoms with E-state index in [1.165, 1.54) is 49.5 Å². The average molecular weight is 629 g/mol. The number of nitrogens with one attached hydrogen (secondary N) is 2. The molecule has 45 heavy (non-hydrogen) atoms. The predicted octanol–water partition coefficient (Wildman–Crippen LogP) is 6.34. The highest BCUT2D eigenvalue weighted by atomic mass is 19.4.